The van der Waals surface area contributed by atoms with E-state index in [-0.39, 0.29) is 5.91 Å². The van der Waals surface area contributed by atoms with Gasteiger partial charge in [0, 0.05) is 20.3 Å². The SMILES string of the molecule is CN(C)c1ccncc1NC(=O)[C@@H](N)Cc1ccccc1. The van der Waals surface area contributed by atoms with Crippen LogP contribution in [-0.2, 0) is 11.2 Å². The van der Waals surface area contributed by atoms with Crippen LogP contribution in [0.4, 0.5) is 11.4 Å². The number of carbonyl (C=O) groups is 1. The molecule has 0 aliphatic rings. The summed E-state index contributed by atoms with van der Waals surface area (Å²) in [5.74, 6) is -0.213. The lowest BCUT2D eigenvalue weighted by Gasteiger charge is -2.18. The van der Waals surface area contributed by atoms with Crippen LogP contribution in [0.5, 0.6) is 0 Å². The molecule has 1 aromatic heterocycles. The van der Waals surface area contributed by atoms with Gasteiger partial charge in [-0.15, -0.1) is 0 Å². The number of benzene rings is 1. The number of carbonyl (C=O) groups excluding carboxylic acids is 1. The van der Waals surface area contributed by atoms with Gasteiger partial charge in [-0.25, -0.2) is 0 Å². The molecule has 0 saturated carbocycles. The first-order valence-corrected chi connectivity index (χ1v) is 6.79. The maximum absolute atomic E-state index is 12.2. The molecule has 2 rings (SSSR count). The van der Waals surface area contributed by atoms with Crippen LogP contribution in [0, 0.1) is 0 Å². The van der Waals surface area contributed by atoms with Crippen LogP contribution in [0.15, 0.2) is 48.8 Å². The van der Waals surface area contributed by atoms with Crippen LogP contribution in [0.1, 0.15) is 5.56 Å². The van der Waals surface area contributed by atoms with E-state index >= 15 is 0 Å². The van der Waals surface area contributed by atoms with Crippen molar-refractivity contribution in [3.63, 3.8) is 0 Å². The first-order chi connectivity index (χ1) is 10.1. The third-order valence-electron chi connectivity index (χ3n) is 3.17. The Bertz CT molecular complexity index is 598. The molecule has 2 aromatic rings. The largest absolute Gasteiger partial charge is 0.376 e. The second-order valence-corrected chi connectivity index (χ2v) is 5.07. The number of amides is 1. The fourth-order valence-corrected chi connectivity index (χ4v) is 2.06. The van der Waals surface area contributed by atoms with Crippen molar-refractivity contribution in [2.45, 2.75) is 12.5 Å². The zero-order valence-electron chi connectivity index (χ0n) is 12.3. The van der Waals surface area contributed by atoms with E-state index in [0.29, 0.717) is 12.1 Å². The topological polar surface area (TPSA) is 71.2 Å². The molecule has 1 aromatic carbocycles. The van der Waals surface area contributed by atoms with Gasteiger partial charge in [0.25, 0.3) is 0 Å². The zero-order valence-corrected chi connectivity index (χ0v) is 12.3. The van der Waals surface area contributed by atoms with E-state index in [0.717, 1.165) is 11.3 Å². The van der Waals surface area contributed by atoms with Gasteiger partial charge in [-0.2, -0.15) is 0 Å². The standard InChI is InChI=1S/C16H20N4O/c1-20(2)15-8-9-18-11-14(15)19-16(21)13(17)10-12-6-4-3-5-7-12/h3-9,11,13H,10,17H2,1-2H3,(H,19,21)/t13-/m0/s1. The van der Waals surface area contributed by atoms with Crippen molar-refractivity contribution in [2.24, 2.45) is 5.73 Å². The van der Waals surface area contributed by atoms with Crippen molar-refractivity contribution >= 4 is 17.3 Å². The second kappa shape index (κ2) is 6.85. The van der Waals surface area contributed by atoms with Crippen LogP contribution in [0.25, 0.3) is 0 Å². The highest BCUT2D eigenvalue weighted by molar-refractivity contribution is 5.97. The molecule has 3 N–H and O–H groups in total. The smallest absolute Gasteiger partial charge is 0.241 e. The quantitative estimate of drug-likeness (QED) is 0.876. The number of nitrogens with one attached hydrogen (secondary N) is 1. The number of nitrogens with two attached hydrogens (primary N) is 1. The highest BCUT2D eigenvalue weighted by Gasteiger charge is 2.16. The summed E-state index contributed by atoms with van der Waals surface area (Å²) in [6.45, 7) is 0. The predicted molar refractivity (Wildman–Crippen MR) is 85.3 cm³/mol. The minimum atomic E-state index is -0.595. The molecule has 0 saturated heterocycles. The van der Waals surface area contributed by atoms with Gasteiger partial charge in [0.05, 0.1) is 23.6 Å². The molecular formula is C16H20N4O. The van der Waals surface area contributed by atoms with E-state index in [4.69, 9.17) is 5.73 Å². The maximum Gasteiger partial charge on any atom is 0.241 e. The van der Waals surface area contributed by atoms with Gasteiger partial charge in [-0.3, -0.25) is 9.78 Å². The number of hydrogen-bond donors (Lipinski definition) is 2. The van der Waals surface area contributed by atoms with E-state index in [1.807, 2.05) is 55.4 Å². The predicted octanol–water partition coefficient (Wildman–Crippen LogP) is 1.66. The highest BCUT2D eigenvalue weighted by atomic mass is 16.2. The molecule has 1 amide bonds. The molecule has 21 heavy (non-hydrogen) atoms. The molecule has 0 unspecified atom stereocenters. The summed E-state index contributed by atoms with van der Waals surface area (Å²) in [7, 11) is 3.82. The Hall–Kier alpha value is -2.40. The molecule has 0 aliphatic heterocycles. The fraction of sp³-hybridized carbons (Fsp3) is 0.250. The van der Waals surface area contributed by atoms with Crippen molar-refractivity contribution in [3.8, 4) is 0 Å². The third-order valence-corrected chi connectivity index (χ3v) is 3.17. The van der Waals surface area contributed by atoms with Crippen LogP contribution < -0.4 is 16.0 Å². The second-order valence-electron chi connectivity index (χ2n) is 5.07. The number of anilines is 2. The minimum absolute atomic E-state index is 0.213. The molecule has 5 nitrogen and oxygen atoms in total. The molecular weight excluding hydrogens is 264 g/mol. The number of hydrogen-bond acceptors (Lipinski definition) is 4. The Labute approximate surface area is 124 Å². The summed E-state index contributed by atoms with van der Waals surface area (Å²) >= 11 is 0. The molecule has 0 spiro atoms. The molecule has 110 valence electrons. The van der Waals surface area contributed by atoms with Crippen molar-refractivity contribution in [2.75, 3.05) is 24.3 Å². The first kappa shape index (κ1) is 15.0. The Morgan fingerprint density at radius 1 is 1.29 bits per heavy atom. The molecule has 0 fully saturated rings. The monoisotopic (exact) mass is 284 g/mol. The normalized spacial score (nSPS) is 11.8. The van der Waals surface area contributed by atoms with Crippen LogP contribution in [-0.4, -0.2) is 31.0 Å². The molecule has 0 bridgehead atoms. The Balaban J connectivity index is 2.04. The van der Waals surface area contributed by atoms with Crippen molar-refractivity contribution in [1.82, 2.24) is 4.98 Å². The lowest BCUT2D eigenvalue weighted by Crippen LogP contribution is -2.37. The van der Waals surface area contributed by atoms with Crippen LogP contribution in [0.2, 0.25) is 0 Å². The average molecular weight is 284 g/mol. The van der Waals surface area contributed by atoms with Gasteiger partial charge in [0.2, 0.25) is 5.91 Å². The number of pyridine rings is 1. The van der Waals surface area contributed by atoms with E-state index in [1.165, 1.54) is 0 Å². The lowest BCUT2D eigenvalue weighted by molar-refractivity contribution is -0.117. The van der Waals surface area contributed by atoms with E-state index < -0.39 is 6.04 Å². The van der Waals surface area contributed by atoms with Crippen molar-refractivity contribution in [3.05, 3.63) is 54.4 Å². The van der Waals surface area contributed by atoms with Gasteiger partial charge >= 0.3 is 0 Å². The first-order valence-electron chi connectivity index (χ1n) is 6.79. The Morgan fingerprint density at radius 2 is 2.00 bits per heavy atom. The summed E-state index contributed by atoms with van der Waals surface area (Å²) in [6.07, 6.45) is 3.82. The summed E-state index contributed by atoms with van der Waals surface area (Å²) < 4.78 is 0. The fourth-order valence-electron chi connectivity index (χ4n) is 2.06. The molecule has 1 heterocycles. The molecule has 0 radical (unpaired) electrons. The van der Waals surface area contributed by atoms with Gasteiger partial charge < -0.3 is 16.0 Å². The average Bonchev–Trinajstić information content (AvgIpc) is 2.48. The molecule has 1 atom stereocenters. The van der Waals surface area contributed by atoms with Crippen LogP contribution >= 0.6 is 0 Å². The van der Waals surface area contributed by atoms with Gasteiger partial charge in [-0.1, -0.05) is 30.3 Å². The van der Waals surface area contributed by atoms with Gasteiger partial charge in [0.15, 0.2) is 0 Å². The summed E-state index contributed by atoms with van der Waals surface area (Å²) in [4.78, 5) is 18.2. The van der Waals surface area contributed by atoms with Gasteiger partial charge in [0.1, 0.15) is 0 Å². The maximum atomic E-state index is 12.2. The molecule has 5 heteroatoms. The lowest BCUT2D eigenvalue weighted by atomic mass is 10.1. The van der Waals surface area contributed by atoms with E-state index in [9.17, 15) is 4.79 Å². The Morgan fingerprint density at radius 3 is 2.67 bits per heavy atom. The third kappa shape index (κ3) is 4.03. The van der Waals surface area contributed by atoms with Gasteiger partial charge in [-0.05, 0) is 18.1 Å². The number of rotatable bonds is 5. The van der Waals surface area contributed by atoms with E-state index in [2.05, 4.69) is 10.3 Å². The summed E-state index contributed by atoms with van der Waals surface area (Å²) in [5.41, 5.74) is 8.57. The highest BCUT2D eigenvalue weighted by Crippen LogP contribution is 2.22. The summed E-state index contributed by atoms with van der Waals surface area (Å²) in [6, 6.07) is 11.0. The van der Waals surface area contributed by atoms with Crippen molar-refractivity contribution in [1.29, 1.82) is 0 Å². The van der Waals surface area contributed by atoms with Crippen molar-refractivity contribution < 1.29 is 4.79 Å². The summed E-state index contributed by atoms with van der Waals surface area (Å²) in [5, 5.41) is 2.84. The number of aromatic nitrogens is 1. The van der Waals surface area contributed by atoms with Crippen LogP contribution in [0.3, 0.4) is 0 Å². The zero-order chi connectivity index (χ0) is 15.2. The Kier molecular flexibility index (Phi) is 4.90. The number of nitrogens with zero attached hydrogens (tertiary/aromatic N) is 2. The molecule has 0 aliphatic carbocycles. The minimum Gasteiger partial charge on any atom is -0.376 e. The van der Waals surface area contributed by atoms with E-state index in [1.54, 1.807) is 12.4 Å².